The highest BCUT2D eigenvalue weighted by Gasteiger charge is 2.39. The molecule has 4 rings (SSSR count). The Kier molecular flexibility index (Phi) is 5.73. The lowest BCUT2D eigenvalue weighted by Crippen LogP contribution is -2.32. The summed E-state index contributed by atoms with van der Waals surface area (Å²) in [5.41, 5.74) is 1.58. The summed E-state index contributed by atoms with van der Waals surface area (Å²) in [4.78, 5) is 27.6. The molecule has 0 spiro atoms. The van der Waals surface area contributed by atoms with E-state index in [0.717, 1.165) is 4.90 Å². The number of rotatable bonds is 6. The van der Waals surface area contributed by atoms with Crippen LogP contribution in [0.2, 0.25) is 5.02 Å². The zero-order valence-corrected chi connectivity index (χ0v) is 17.3. The van der Waals surface area contributed by atoms with Gasteiger partial charge in [-0.15, -0.1) is 0 Å². The van der Waals surface area contributed by atoms with Gasteiger partial charge in [0, 0.05) is 10.6 Å². The highest BCUT2D eigenvalue weighted by molar-refractivity contribution is 6.36. The van der Waals surface area contributed by atoms with E-state index in [-0.39, 0.29) is 23.4 Å². The molecule has 156 valence electrons. The number of ether oxygens (including phenoxy) is 1. The number of amides is 2. The van der Waals surface area contributed by atoms with E-state index in [9.17, 15) is 14.0 Å². The third-order valence-electron chi connectivity index (χ3n) is 4.95. The van der Waals surface area contributed by atoms with Gasteiger partial charge in [-0.25, -0.2) is 4.39 Å². The fraction of sp³-hybridized carbons (Fsp3) is 0.0833. The van der Waals surface area contributed by atoms with Crippen LogP contribution in [0.5, 0.6) is 5.75 Å². The largest absolute Gasteiger partial charge is 0.495 e. The van der Waals surface area contributed by atoms with Crippen LogP contribution < -0.4 is 10.1 Å². The van der Waals surface area contributed by atoms with E-state index in [1.807, 2.05) is 0 Å². The fourth-order valence-electron chi connectivity index (χ4n) is 3.40. The van der Waals surface area contributed by atoms with Crippen molar-refractivity contribution in [3.8, 4) is 5.75 Å². The number of hydrogen-bond donors (Lipinski definition) is 1. The maximum Gasteiger partial charge on any atom is 0.278 e. The molecule has 0 saturated carbocycles. The first-order chi connectivity index (χ1) is 15.0. The molecule has 0 radical (unpaired) electrons. The molecular formula is C24H18ClFN2O3. The molecule has 7 heteroatoms. The quantitative estimate of drug-likeness (QED) is 0.559. The van der Waals surface area contributed by atoms with Crippen molar-refractivity contribution in [1.82, 2.24) is 4.90 Å². The molecule has 1 heterocycles. The van der Waals surface area contributed by atoms with Crippen molar-refractivity contribution in [2.75, 3.05) is 12.4 Å². The smallest absolute Gasteiger partial charge is 0.278 e. The van der Waals surface area contributed by atoms with Crippen LogP contribution in [0.1, 0.15) is 11.1 Å². The number of para-hydroxylation sites is 2. The van der Waals surface area contributed by atoms with Crippen molar-refractivity contribution >= 4 is 34.7 Å². The molecule has 0 aliphatic carbocycles. The number of carbonyl (C=O) groups is 2. The Hall–Kier alpha value is -3.64. The monoisotopic (exact) mass is 436 g/mol. The maximum atomic E-state index is 14.2. The van der Waals surface area contributed by atoms with Crippen LogP contribution in [0.4, 0.5) is 10.1 Å². The number of carbonyl (C=O) groups excluding carboxylic acids is 2. The molecule has 1 aliphatic rings. The van der Waals surface area contributed by atoms with Crippen molar-refractivity contribution in [1.29, 1.82) is 0 Å². The molecule has 3 aromatic rings. The molecule has 5 nitrogen and oxygen atoms in total. The molecule has 0 saturated heterocycles. The number of halogens is 2. The van der Waals surface area contributed by atoms with Gasteiger partial charge in [-0.3, -0.25) is 14.5 Å². The standard InChI is InChI=1S/C24H18ClFN2O3/c1-31-20-9-5-4-8-19(20)27-22-21(15-10-12-17(25)13-11-15)23(29)28(24(22)30)14-16-6-2-3-7-18(16)26/h2-13,27H,14H2,1H3. The van der Waals surface area contributed by atoms with Gasteiger partial charge in [-0.1, -0.05) is 54.1 Å². The van der Waals surface area contributed by atoms with Gasteiger partial charge >= 0.3 is 0 Å². The molecule has 0 fully saturated rings. The van der Waals surface area contributed by atoms with E-state index in [1.165, 1.54) is 13.2 Å². The molecule has 0 aromatic heterocycles. The third kappa shape index (κ3) is 4.02. The van der Waals surface area contributed by atoms with Gasteiger partial charge in [0.25, 0.3) is 11.8 Å². The third-order valence-corrected chi connectivity index (χ3v) is 5.21. The van der Waals surface area contributed by atoms with E-state index >= 15 is 0 Å². The average molecular weight is 437 g/mol. The molecule has 2 amide bonds. The molecule has 0 unspecified atom stereocenters. The van der Waals surface area contributed by atoms with Gasteiger partial charge in [-0.2, -0.15) is 0 Å². The van der Waals surface area contributed by atoms with Crippen LogP contribution in [0, 0.1) is 5.82 Å². The number of benzene rings is 3. The number of nitrogens with one attached hydrogen (secondary N) is 1. The van der Waals surface area contributed by atoms with Gasteiger partial charge < -0.3 is 10.1 Å². The summed E-state index contributed by atoms with van der Waals surface area (Å²) >= 11 is 5.99. The van der Waals surface area contributed by atoms with Crippen LogP contribution in [0.3, 0.4) is 0 Å². The molecular weight excluding hydrogens is 419 g/mol. The normalized spacial score (nSPS) is 13.7. The number of nitrogens with zero attached hydrogens (tertiary/aromatic N) is 1. The second-order valence-corrected chi connectivity index (χ2v) is 7.31. The summed E-state index contributed by atoms with van der Waals surface area (Å²) in [6.07, 6.45) is 0. The Bertz CT molecular complexity index is 1190. The number of methoxy groups -OCH3 is 1. The number of imide groups is 1. The first-order valence-corrected chi connectivity index (χ1v) is 9.87. The minimum absolute atomic E-state index is 0.0909. The van der Waals surface area contributed by atoms with E-state index in [4.69, 9.17) is 16.3 Å². The number of hydrogen-bond acceptors (Lipinski definition) is 4. The Morgan fingerprint density at radius 2 is 1.61 bits per heavy atom. The van der Waals surface area contributed by atoms with Crippen molar-refractivity contribution in [3.63, 3.8) is 0 Å². The van der Waals surface area contributed by atoms with Crippen LogP contribution in [-0.4, -0.2) is 23.8 Å². The van der Waals surface area contributed by atoms with Crippen LogP contribution in [0.25, 0.3) is 5.57 Å². The Balaban J connectivity index is 1.77. The van der Waals surface area contributed by atoms with Gasteiger partial charge in [-0.05, 0) is 35.9 Å². The van der Waals surface area contributed by atoms with E-state index in [1.54, 1.807) is 66.7 Å². The van der Waals surface area contributed by atoms with E-state index in [2.05, 4.69) is 5.32 Å². The lowest BCUT2D eigenvalue weighted by molar-refractivity contribution is -0.137. The van der Waals surface area contributed by atoms with Gasteiger partial charge in [0.2, 0.25) is 0 Å². The van der Waals surface area contributed by atoms with Gasteiger partial charge in [0.1, 0.15) is 17.3 Å². The van der Waals surface area contributed by atoms with Gasteiger partial charge in [0.05, 0.1) is 24.9 Å². The second kappa shape index (κ2) is 8.62. The summed E-state index contributed by atoms with van der Waals surface area (Å²) < 4.78 is 19.5. The fourth-order valence-corrected chi connectivity index (χ4v) is 3.53. The minimum Gasteiger partial charge on any atom is -0.495 e. The molecule has 1 aliphatic heterocycles. The topological polar surface area (TPSA) is 58.6 Å². The summed E-state index contributed by atoms with van der Waals surface area (Å²) in [6.45, 7) is -0.182. The summed E-state index contributed by atoms with van der Waals surface area (Å²) in [7, 11) is 1.51. The average Bonchev–Trinajstić information content (AvgIpc) is 3.00. The Labute approximate surface area is 183 Å². The van der Waals surface area contributed by atoms with Crippen molar-refractivity contribution in [2.24, 2.45) is 0 Å². The van der Waals surface area contributed by atoms with Crippen LogP contribution in [-0.2, 0) is 16.1 Å². The predicted molar refractivity (Wildman–Crippen MR) is 117 cm³/mol. The van der Waals surface area contributed by atoms with Crippen molar-refractivity contribution < 1.29 is 18.7 Å². The molecule has 3 aromatic carbocycles. The Morgan fingerprint density at radius 3 is 2.32 bits per heavy atom. The highest BCUT2D eigenvalue weighted by atomic mass is 35.5. The zero-order valence-electron chi connectivity index (χ0n) is 16.6. The SMILES string of the molecule is COc1ccccc1NC1=C(c2ccc(Cl)cc2)C(=O)N(Cc2ccccc2F)C1=O. The van der Waals surface area contributed by atoms with Crippen LogP contribution >= 0.6 is 11.6 Å². The molecule has 1 N–H and O–H groups in total. The van der Waals surface area contributed by atoms with Crippen LogP contribution in [0.15, 0.2) is 78.5 Å². The lowest BCUT2D eigenvalue weighted by atomic mass is 10.0. The first-order valence-electron chi connectivity index (χ1n) is 9.49. The lowest BCUT2D eigenvalue weighted by Gasteiger charge is -2.16. The Morgan fingerprint density at radius 1 is 0.935 bits per heavy atom. The minimum atomic E-state index is -0.552. The van der Waals surface area contributed by atoms with E-state index in [0.29, 0.717) is 22.0 Å². The van der Waals surface area contributed by atoms with Crippen molar-refractivity contribution in [2.45, 2.75) is 6.54 Å². The summed E-state index contributed by atoms with van der Waals surface area (Å²) in [6, 6.07) is 19.7. The summed E-state index contributed by atoms with van der Waals surface area (Å²) in [5.74, 6) is -1.04. The molecule has 0 bridgehead atoms. The second-order valence-electron chi connectivity index (χ2n) is 6.87. The zero-order chi connectivity index (χ0) is 22.0. The van der Waals surface area contributed by atoms with Crippen molar-refractivity contribution in [3.05, 3.63) is 100 Å². The first kappa shape index (κ1) is 20.6. The molecule has 0 atom stereocenters. The van der Waals surface area contributed by atoms with Gasteiger partial charge in [0.15, 0.2) is 0 Å². The maximum absolute atomic E-state index is 14.2. The highest BCUT2D eigenvalue weighted by Crippen LogP contribution is 2.34. The molecule has 31 heavy (non-hydrogen) atoms. The summed E-state index contributed by atoms with van der Waals surface area (Å²) in [5, 5.41) is 3.55. The number of anilines is 1. The predicted octanol–water partition coefficient (Wildman–Crippen LogP) is 4.88. The van der Waals surface area contributed by atoms with E-state index < -0.39 is 17.6 Å².